The molecule has 0 aliphatic rings. The number of nitrogens with zero attached hydrogens (tertiary/aromatic N) is 3. The van der Waals surface area contributed by atoms with Gasteiger partial charge in [0.15, 0.2) is 12.9 Å². The smallest absolute Gasteiger partial charge is 0.305 e. The molecule has 0 saturated heterocycles. The van der Waals surface area contributed by atoms with E-state index < -0.39 is 0 Å². The molecular weight excluding hydrogens is 206 g/mol. The highest BCUT2D eigenvalue weighted by Gasteiger charge is 2.11. The zero-order valence-corrected chi connectivity index (χ0v) is 9.55. The first-order valence-electron chi connectivity index (χ1n) is 4.99. The molecule has 0 aliphatic heterocycles. The van der Waals surface area contributed by atoms with Crippen molar-refractivity contribution in [1.29, 1.82) is 0 Å². The molecule has 0 atom stereocenters. The Balaban J connectivity index is 2.49. The largest absolute Gasteiger partial charge is 0.411 e. The number of hydrogen-bond acceptors (Lipinski definition) is 3. The zero-order valence-electron chi connectivity index (χ0n) is 9.55. The average Bonchev–Trinajstić information content (AvgIpc) is 2.62. The van der Waals surface area contributed by atoms with Gasteiger partial charge in [0.25, 0.3) is 0 Å². The number of ether oxygens (including phenoxy) is 1. The summed E-state index contributed by atoms with van der Waals surface area (Å²) >= 11 is 0. The second kappa shape index (κ2) is 6.64. The number of imidazole rings is 1. The summed E-state index contributed by atoms with van der Waals surface area (Å²) in [5, 5.41) is 11.5. The summed E-state index contributed by atoms with van der Waals surface area (Å²) < 4.78 is 9.11. The minimum absolute atomic E-state index is 0.424. The van der Waals surface area contributed by atoms with E-state index in [1.54, 1.807) is 0 Å². The molecule has 5 heteroatoms. The summed E-state index contributed by atoms with van der Waals surface area (Å²) in [6.07, 6.45) is 5.83. The fourth-order valence-corrected chi connectivity index (χ4v) is 1.27. The molecule has 5 nitrogen and oxygen atoms in total. The van der Waals surface area contributed by atoms with Gasteiger partial charge in [0, 0.05) is 6.42 Å². The van der Waals surface area contributed by atoms with E-state index in [1.807, 2.05) is 35.5 Å². The Bertz CT molecular complexity index is 413. The SMILES string of the molecule is CC#CCCOCn1cc[n+](C)c1/C=N/O. The molecule has 1 aromatic heterocycles. The van der Waals surface area contributed by atoms with Crippen LogP contribution in [0.2, 0.25) is 0 Å². The van der Waals surface area contributed by atoms with E-state index in [4.69, 9.17) is 9.94 Å². The van der Waals surface area contributed by atoms with E-state index in [9.17, 15) is 0 Å². The second-order valence-corrected chi connectivity index (χ2v) is 3.20. The third kappa shape index (κ3) is 3.41. The van der Waals surface area contributed by atoms with Crippen molar-refractivity contribution in [3.8, 4) is 11.8 Å². The minimum atomic E-state index is 0.424. The lowest BCUT2D eigenvalue weighted by atomic mass is 10.4. The molecule has 86 valence electrons. The van der Waals surface area contributed by atoms with Crippen molar-refractivity contribution in [3.05, 3.63) is 18.2 Å². The van der Waals surface area contributed by atoms with Gasteiger partial charge in [-0.2, -0.15) is 0 Å². The number of rotatable bonds is 5. The fraction of sp³-hybridized carbons (Fsp3) is 0.455. The Hall–Kier alpha value is -1.80. The van der Waals surface area contributed by atoms with Crippen LogP contribution in [-0.2, 0) is 18.5 Å². The third-order valence-corrected chi connectivity index (χ3v) is 2.08. The van der Waals surface area contributed by atoms with Gasteiger partial charge in [0.2, 0.25) is 0 Å². The number of aromatic nitrogens is 2. The van der Waals surface area contributed by atoms with E-state index in [2.05, 4.69) is 17.0 Å². The van der Waals surface area contributed by atoms with E-state index in [0.717, 1.165) is 12.2 Å². The topological polar surface area (TPSA) is 50.6 Å². The van der Waals surface area contributed by atoms with Crippen LogP contribution < -0.4 is 4.57 Å². The van der Waals surface area contributed by atoms with Crippen LogP contribution in [0.3, 0.4) is 0 Å². The molecule has 0 saturated carbocycles. The van der Waals surface area contributed by atoms with Crippen LogP contribution in [0, 0.1) is 11.8 Å². The standard InChI is InChI=1S/C11H15N3O2/c1-3-4-5-8-16-10-14-7-6-13(2)11(14)9-12-15/h6-7,9H,5,8,10H2,1-2H3/p+1. The van der Waals surface area contributed by atoms with Crippen molar-refractivity contribution >= 4 is 6.21 Å². The van der Waals surface area contributed by atoms with E-state index in [-0.39, 0.29) is 0 Å². The molecule has 1 aromatic rings. The molecule has 0 aliphatic carbocycles. The van der Waals surface area contributed by atoms with Crippen LogP contribution in [-0.4, -0.2) is 22.6 Å². The van der Waals surface area contributed by atoms with Crippen molar-refractivity contribution in [3.63, 3.8) is 0 Å². The number of aryl methyl sites for hydroxylation is 1. The lowest BCUT2D eigenvalue weighted by molar-refractivity contribution is -0.672. The van der Waals surface area contributed by atoms with Crippen molar-refractivity contribution in [2.75, 3.05) is 6.61 Å². The third-order valence-electron chi connectivity index (χ3n) is 2.08. The maximum absolute atomic E-state index is 8.51. The van der Waals surface area contributed by atoms with Gasteiger partial charge in [-0.25, -0.2) is 9.13 Å². The fourth-order valence-electron chi connectivity index (χ4n) is 1.27. The van der Waals surface area contributed by atoms with Crippen LogP contribution in [0.4, 0.5) is 0 Å². The van der Waals surface area contributed by atoms with Crippen LogP contribution in [0.5, 0.6) is 0 Å². The number of oxime groups is 1. The molecular formula is C11H16N3O2+. The quantitative estimate of drug-likeness (QED) is 0.197. The highest BCUT2D eigenvalue weighted by atomic mass is 16.5. The van der Waals surface area contributed by atoms with Gasteiger partial charge >= 0.3 is 5.82 Å². The average molecular weight is 222 g/mol. The van der Waals surface area contributed by atoms with Crippen LogP contribution >= 0.6 is 0 Å². The van der Waals surface area contributed by atoms with Crippen LogP contribution in [0.15, 0.2) is 17.5 Å². The Morgan fingerprint density at radius 2 is 2.50 bits per heavy atom. The van der Waals surface area contributed by atoms with Crippen molar-refractivity contribution in [2.45, 2.75) is 20.1 Å². The minimum Gasteiger partial charge on any atom is -0.411 e. The van der Waals surface area contributed by atoms with Crippen molar-refractivity contribution < 1.29 is 14.5 Å². The molecule has 1 rings (SSSR count). The van der Waals surface area contributed by atoms with Crippen LogP contribution in [0.25, 0.3) is 0 Å². The highest BCUT2D eigenvalue weighted by Crippen LogP contribution is 1.94. The van der Waals surface area contributed by atoms with Crippen molar-refractivity contribution in [2.24, 2.45) is 12.2 Å². The van der Waals surface area contributed by atoms with E-state index in [1.165, 1.54) is 6.21 Å². The van der Waals surface area contributed by atoms with Gasteiger partial charge in [-0.1, -0.05) is 5.16 Å². The highest BCUT2D eigenvalue weighted by molar-refractivity contribution is 5.72. The predicted octanol–water partition coefficient (Wildman–Crippen LogP) is 0.508. The van der Waals surface area contributed by atoms with Gasteiger partial charge in [-0.05, 0) is 6.92 Å². The first-order chi connectivity index (χ1) is 7.79. The van der Waals surface area contributed by atoms with E-state index >= 15 is 0 Å². The predicted molar refractivity (Wildman–Crippen MR) is 59.0 cm³/mol. The monoisotopic (exact) mass is 222 g/mol. The Morgan fingerprint density at radius 1 is 1.69 bits per heavy atom. The molecule has 0 radical (unpaired) electrons. The lowest BCUT2D eigenvalue weighted by Gasteiger charge is -1.99. The van der Waals surface area contributed by atoms with Gasteiger partial charge in [-0.3, -0.25) is 0 Å². The molecule has 0 aromatic carbocycles. The summed E-state index contributed by atoms with van der Waals surface area (Å²) in [5.41, 5.74) is 0. The van der Waals surface area contributed by atoms with E-state index in [0.29, 0.717) is 13.3 Å². The normalized spacial score (nSPS) is 10.4. The maximum Gasteiger partial charge on any atom is 0.305 e. The van der Waals surface area contributed by atoms with Gasteiger partial charge in [-0.15, -0.1) is 11.8 Å². The first kappa shape index (κ1) is 12.3. The summed E-state index contributed by atoms with van der Waals surface area (Å²) in [6.45, 7) is 2.83. The van der Waals surface area contributed by atoms with Gasteiger partial charge in [0.05, 0.1) is 13.7 Å². The Morgan fingerprint density at radius 3 is 3.19 bits per heavy atom. The summed E-state index contributed by atoms with van der Waals surface area (Å²) in [5.74, 6) is 6.50. The molecule has 0 unspecified atom stereocenters. The molecule has 1 heterocycles. The maximum atomic E-state index is 8.51. The summed E-state index contributed by atoms with van der Waals surface area (Å²) in [6, 6.07) is 0. The van der Waals surface area contributed by atoms with Gasteiger partial charge in [0.1, 0.15) is 12.4 Å². The lowest BCUT2D eigenvalue weighted by Crippen LogP contribution is -2.32. The summed E-state index contributed by atoms with van der Waals surface area (Å²) in [4.78, 5) is 0. The zero-order chi connectivity index (χ0) is 11.8. The molecule has 0 spiro atoms. The van der Waals surface area contributed by atoms with Crippen LogP contribution in [0.1, 0.15) is 19.2 Å². The Kier molecular flexibility index (Phi) is 5.09. The molecule has 16 heavy (non-hydrogen) atoms. The number of hydrogen-bond donors (Lipinski definition) is 1. The molecule has 0 amide bonds. The second-order valence-electron chi connectivity index (χ2n) is 3.20. The summed E-state index contributed by atoms with van der Waals surface area (Å²) in [7, 11) is 1.87. The first-order valence-corrected chi connectivity index (χ1v) is 4.99. The molecule has 0 fully saturated rings. The van der Waals surface area contributed by atoms with Gasteiger partial charge < -0.3 is 9.94 Å². The Labute approximate surface area is 95.0 Å². The molecule has 0 bridgehead atoms. The molecule has 1 N–H and O–H groups in total. The van der Waals surface area contributed by atoms with Crippen molar-refractivity contribution in [1.82, 2.24) is 4.57 Å².